The van der Waals surface area contributed by atoms with E-state index >= 15 is 0 Å². The van der Waals surface area contributed by atoms with Crippen molar-refractivity contribution in [1.29, 1.82) is 0 Å². The molecule has 3 aromatic rings. The van der Waals surface area contributed by atoms with E-state index in [-0.39, 0.29) is 6.10 Å². The Morgan fingerprint density at radius 2 is 2.10 bits per heavy atom. The molecule has 3 heterocycles. The molecule has 2 N–H and O–H groups in total. The van der Waals surface area contributed by atoms with Crippen LogP contribution in [0.1, 0.15) is 17.6 Å². The van der Waals surface area contributed by atoms with Crippen LogP contribution < -0.4 is 10.1 Å². The van der Waals surface area contributed by atoms with E-state index in [1.807, 2.05) is 43.3 Å². The summed E-state index contributed by atoms with van der Waals surface area (Å²) in [7, 11) is 0. The molecular formula is C16H15N3O2. The summed E-state index contributed by atoms with van der Waals surface area (Å²) in [6, 6.07) is 11.7. The number of rotatable bonds is 2. The van der Waals surface area contributed by atoms with Gasteiger partial charge in [0.15, 0.2) is 11.9 Å². The minimum absolute atomic E-state index is 0.137. The third-order valence-corrected chi connectivity index (χ3v) is 3.60. The molecule has 0 saturated carbocycles. The third kappa shape index (κ3) is 2.07. The van der Waals surface area contributed by atoms with Gasteiger partial charge >= 0.3 is 0 Å². The third-order valence-electron chi connectivity index (χ3n) is 3.60. The second-order valence-electron chi connectivity index (χ2n) is 5.06. The largest absolute Gasteiger partial charge is 0.478 e. The summed E-state index contributed by atoms with van der Waals surface area (Å²) in [6.07, 6.45) is 1.51. The zero-order chi connectivity index (χ0) is 14.2. The quantitative estimate of drug-likeness (QED) is 0.754. The number of aromatic nitrogens is 2. The molecule has 1 atom stereocenters. The number of furan rings is 1. The van der Waals surface area contributed by atoms with E-state index in [1.54, 1.807) is 6.26 Å². The Morgan fingerprint density at radius 1 is 1.19 bits per heavy atom. The summed E-state index contributed by atoms with van der Waals surface area (Å²) in [6.45, 7) is 2.67. The lowest BCUT2D eigenvalue weighted by Gasteiger charge is -2.25. The fraction of sp³-hybridized carbons (Fsp3) is 0.188. The Balaban J connectivity index is 1.65. The van der Waals surface area contributed by atoms with Gasteiger partial charge in [-0.05, 0) is 31.2 Å². The Kier molecular flexibility index (Phi) is 2.70. The van der Waals surface area contributed by atoms with Crippen molar-refractivity contribution >= 4 is 5.69 Å². The van der Waals surface area contributed by atoms with Gasteiger partial charge in [-0.3, -0.25) is 0 Å². The van der Waals surface area contributed by atoms with Crippen LogP contribution in [0, 0.1) is 6.92 Å². The summed E-state index contributed by atoms with van der Waals surface area (Å²) in [5.41, 5.74) is 2.82. The molecule has 0 aliphatic carbocycles. The van der Waals surface area contributed by atoms with E-state index < -0.39 is 0 Å². The molecular weight excluding hydrogens is 266 g/mol. The normalized spacial score (nSPS) is 16.9. The molecule has 1 aliphatic rings. The number of para-hydroxylation sites is 2. The number of imidazole rings is 1. The number of hydrogen-bond donors (Lipinski definition) is 2. The van der Waals surface area contributed by atoms with Gasteiger partial charge in [0.1, 0.15) is 17.3 Å². The maximum atomic E-state index is 6.02. The van der Waals surface area contributed by atoms with Gasteiger partial charge in [-0.1, -0.05) is 12.1 Å². The summed E-state index contributed by atoms with van der Waals surface area (Å²) in [5.74, 6) is 2.42. The number of benzene rings is 1. The first-order chi connectivity index (χ1) is 10.3. The highest BCUT2D eigenvalue weighted by Gasteiger charge is 2.24. The van der Waals surface area contributed by atoms with Gasteiger partial charge in [-0.25, -0.2) is 4.98 Å². The first kappa shape index (κ1) is 12.1. The number of aromatic amines is 1. The molecule has 5 heteroatoms. The fourth-order valence-corrected chi connectivity index (χ4v) is 2.55. The molecule has 0 fully saturated rings. The molecule has 4 rings (SSSR count). The molecule has 0 amide bonds. The van der Waals surface area contributed by atoms with E-state index in [1.165, 1.54) is 0 Å². The van der Waals surface area contributed by atoms with Crippen LogP contribution in [0.2, 0.25) is 0 Å². The zero-order valence-corrected chi connectivity index (χ0v) is 11.6. The average Bonchev–Trinajstić information content (AvgIpc) is 3.16. The van der Waals surface area contributed by atoms with E-state index in [4.69, 9.17) is 9.15 Å². The molecule has 0 spiro atoms. The number of anilines is 1. The minimum atomic E-state index is -0.137. The second kappa shape index (κ2) is 4.70. The number of aryl methyl sites for hydroxylation is 1. The van der Waals surface area contributed by atoms with Crippen molar-refractivity contribution in [1.82, 2.24) is 9.97 Å². The van der Waals surface area contributed by atoms with Crippen molar-refractivity contribution in [3.05, 3.63) is 54.2 Å². The molecule has 1 unspecified atom stereocenters. The van der Waals surface area contributed by atoms with Crippen LogP contribution in [0.15, 0.2) is 47.1 Å². The van der Waals surface area contributed by atoms with Gasteiger partial charge in [0.25, 0.3) is 0 Å². The monoisotopic (exact) mass is 281 g/mol. The van der Waals surface area contributed by atoms with Crippen LogP contribution in [-0.2, 0) is 0 Å². The van der Waals surface area contributed by atoms with Crippen molar-refractivity contribution in [3.8, 4) is 17.2 Å². The molecule has 0 bridgehead atoms. The number of fused-ring (bicyclic) bond motifs is 1. The van der Waals surface area contributed by atoms with E-state index in [0.29, 0.717) is 6.54 Å². The SMILES string of the molecule is Cc1[nH]c(C2CNc3ccccc3O2)nc1-c1ccco1. The fourth-order valence-electron chi connectivity index (χ4n) is 2.55. The number of ether oxygens (including phenoxy) is 1. The zero-order valence-electron chi connectivity index (χ0n) is 11.6. The molecule has 2 aromatic heterocycles. The van der Waals surface area contributed by atoms with Gasteiger partial charge in [0.2, 0.25) is 0 Å². The molecule has 106 valence electrons. The summed E-state index contributed by atoms with van der Waals surface area (Å²) in [5, 5.41) is 3.37. The second-order valence-corrected chi connectivity index (χ2v) is 5.06. The summed E-state index contributed by atoms with van der Waals surface area (Å²) in [4.78, 5) is 7.93. The van der Waals surface area contributed by atoms with Crippen molar-refractivity contribution in [3.63, 3.8) is 0 Å². The van der Waals surface area contributed by atoms with Gasteiger partial charge in [0, 0.05) is 5.69 Å². The van der Waals surface area contributed by atoms with Gasteiger partial charge < -0.3 is 19.5 Å². The maximum absolute atomic E-state index is 6.02. The number of hydrogen-bond acceptors (Lipinski definition) is 4. The lowest BCUT2D eigenvalue weighted by molar-refractivity contribution is 0.201. The van der Waals surface area contributed by atoms with Gasteiger partial charge in [-0.15, -0.1) is 0 Å². The smallest absolute Gasteiger partial charge is 0.173 e. The Hall–Kier alpha value is -2.69. The van der Waals surface area contributed by atoms with Crippen LogP contribution in [-0.4, -0.2) is 16.5 Å². The van der Waals surface area contributed by atoms with Crippen LogP contribution in [0.4, 0.5) is 5.69 Å². The van der Waals surface area contributed by atoms with Crippen LogP contribution in [0.25, 0.3) is 11.5 Å². The molecule has 1 aliphatic heterocycles. The van der Waals surface area contributed by atoms with Gasteiger partial charge in [0.05, 0.1) is 18.5 Å². The standard InChI is InChI=1S/C16H15N3O2/c1-10-15(13-7-4-8-20-13)19-16(18-10)14-9-17-11-5-2-3-6-12(11)21-14/h2-8,14,17H,9H2,1H3,(H,18,19). The highest BCUT2D eigenvalue weighted by Crippen LogP contribution is 2.34. The van der Waals surface area contributed by atoms with E-state index in [0.717, 1.165) is 34.4 Å². The van der Waals surface area contributed by atoms with Crippen molar-refractivity contribution < 1.29 is 9.15 Å². The number of nitrogens with one attached hydrogen (secondary N) is 2. The highest BCUT2D eigenvalue weighted by atomic mass is 16.5. The predicted octanol–water partition coefficient (Wildman–Crippen LogP) is 3.52. The summed E-state index contributed by atoms with van der Waals surface area (Å²) >= 11 is 0. The van der Waals surface area contributed by atoms with Gasteiger partial charge in [-0.2, -0.15) is 0 Å². The van der Waals surface area contributed by atoms with Crippen molar-refractivity contribution in [2.75, 3.05) is 11.9 Å². The Labute approximate surface area is 122 Å². The lowest BCUT2D eigenvalue weighted by atomic mass is 10.2. The van der Waals surface area contributed by atoms with Crippen LogP contribution in [0.5, 0.6) is 5.75 Å². The van der Waals surface area contributed by atoms with Crippen LogP contribution >= 0.6 is 0 Å². The highest BCUT2D eigenvalue weighted by molar-refractivity contribution is 5.58. The van der Waals surface area contributed by atoms with E-state index in [9.17, 15) is 0 Å². The molecule has 0 saturated heterocycles. The van der Waals surface area contributed by atoms with Crippen molar-refractivity contribution in [2.45, 2.75) is 13.0 Å². The topological polar surface area (TPSA) is 63.1 Å². The minimum Gasteiger partial charge on any atom is -0.478 e. The molecule has 21 heavy (non-hydrogen) atoms. The average molecular weight is 281 g/mol. The maximum Gasteiger partial charge on any atom is 0.173 e. The molecule has 0 radical (unpaired) electrons. The Morgan fingerprint density at radius 3 is 2.95 bits per heavy atom. The first-order valence-electron chi connectivity index (χ1n) is 6.91. The summed E-state index contributed by atoms with van der Waals surface area (Å²) < 4.78 is 11.4. The van der Waals surface area contributed by atoms with E-state index in [2.05, 4.69) is 15.3 Å². The van der Waals surface area contributed by atoms with Crippen LogP contribution in [0.3, 0.4) is 0 Å². The molecule has 1 aromatic carbocycles. The number of H-pyrrole nitrogens is 1. The van der Waals surface area contributed by atoms with Crippen molar-refractivity contribution in [2.24, 2.45) is 0 Å². The predicted molar refractivity (Wildman–Crippen MR) is 79.3 cm³/mol. The lowest BCUT2D eigenvalue weighted by Crippen LogP contribution is -2.24. The molecule has 5 nitrogen and oxygen atoms in total. The first-order valence-corrected chi connectivity index (χ1v) is 6.91. The number of nitrogens with zero attached hydrogens (tertiary/aromatic N) is 1. The Bertz CT molecular complexity index is 762.